The van der Waals surface area contributed by atoms with Gasteiger partial charge in [-0.25, -0.2) is 0 Å². The predicted octanol–water partition coefficient (Wildman–Crippen LogP) is 2.94. The van der Waals surface area contributed by atoms with Crippen LogP contribution in [0.15, 0.2) is 18.2 Å². The molecule has 1 heterocycles. The maximum absolute atomic E-state index is 12.2. The van der Waals surface area contributed by atoms with Crippen LogP contribution in [-0.4, -0.2) is 41.9 Å². The van der Waals surface area contributed by atoms with Gasteiger partial charge < -0.3 is 15.0 Å². The van der Waals surface area contributed by atoms with Crippen molar-refractivity contribution >= 4 is 41.0 Å². The summed E-state index contributed by atoms with van der Waals surface area (Å²) in [6.07, 6.45) is 4.42. The highest BCUT2D eigenvalue weighted by molar-refractivity contribution is 6.35. The highest BCUT2D eigenvalue weighted by atomic mass is 35.5. The molecule has 1 atom stereocenters. The largest absolute Gasteiger partial charge is 0.455 e. The normalized spacial score (nSPS) is 20.1. The third kappa shape index (κ3) is 5.14. The molecule has 2 amide bonds. The molecule has 0 unspecified atom stereocenters. The first-order valence-electron chi connectivity index (χ1n) is 9.11. The minimum Gasteiger partial charge on any atom is -0.455 e. The summed E-state index contributed by atoms with van der Waals surface area (Å²) in [5.41, 5.74) is 0.717. The maximum atomic E-state index is 12.2. The standard InChI is InChI=1S/C19H22Cl2N2O4/c20-14-6-5-12(16(21)8-14)9-22-17(24)11-27-19(26)13-7-18(25)23(10-13)15-3-1-2-4-15/h5-6,8,13,15H,1-4,7,9-11H2,(H,22,24)/t13-/m1/s1. The third-order valence-corrected chi connectivity index (χ3v) is 5.68. The Morgan fingerprint density at radius 3 is 2.67 bits per heavy atom. The first kappa shape index (κ1) is 20.0. The van der Waals surface area contributed by atoms with Gasteiger partial charge in [0.2, 0.25) is 5.91 Å². The fourth-order valence-electron chi connectivity index (χ4n) is 3.62. The van der Waals surface area contributed by atoms with E-state index in [-0.39, 0.29) is 31.5 Å². The number of ether oxygens (including phenoxy) is 1. The summed E-state index contributed by atoms with van der Waals surface area (Å²) in [6.45, 7) is 0.228. The fraction of sp³-hybridized carbons (Fsp3) is 0.526. The number of hydrogen-bond acceptors (Lipinski definition) is 4. The Hall–Kier alpha value is -1.79. The number of carbonyl (C=O) groups excluding carboxylic acids is 3. The van der Waals surface area contributed by atoms with E-state index in [9.17, 15) is 14.4 Å². The molecule has 1 saturated heterocycles. The Kier molecular flexibility index (Phi) is 6.60. The molecular weight excluding hydrogens is 391 g/mol. The molecular formula is C19H22Cl2N2O4. The van der Waals surface area contributed by atoms with Crippen LogP contribution in [0.1, 0.15) is 37.7 Å². The van der Waals surface area contributed by atoms with E-state index in [1.54, 1.807) is 18.2 Å². The summed E-state index contributed by atoms with van der Waals surface area (Å²) in [5, 5.41) is 3.62. The number of likely N-dealkylation sites (tertiary alicyclic amines) is 1. The van der Waals surface area contributed by atoms with E-state index in [1.165, 1.54) is 0 Å². The second kappa shape index (κ2) is 8.93. The lowest BCUT2D eigenvalue weighted by Crippen LogP contribution is -2.35. The lowest BCUT2D eigenvalue weighted by Gasteiger charge is -2.23. The fourth-order valence-corrected chi connectivity index (χ4v) is 4.10. The first-order chi connectivity index (χ1) is 12.9. The zero-order valence-corrected chi connectivity index (χ0v) is 16.4. The molecule has 2 aliphatic rings. The summed E-state index contributed by atoms with van der Waals surface area (Å²) in [7, 11) is 0. The molecule has 8 heteroatoms. The number of hydrogen-bond donors (Lipinski definition) is 1. The summed E-state index contributed by atoms with van der Waals surface area (Å²) < 4.78 is 5.10. The van der Waals surface area contributed by atoms with Crippen molar-refractivity contribution in [2.24, 2.45) is 5.92 Å². The summed E-state index contributed by atoms with van der Waals surface area (Å²) >= 11 is 11.9. The average Bonchev–Trinajstić information content (AvgIpc) is 3.28. The van der Waals surface area contributed by atoms with Gasteiger partial charge in [0.15, 0.2) is 6.61 Å². The highest BCUT2D eigenvalue weighted by Crippen LogP contribution is 2.29. The van der Waals surface area contributed by atoms with E-state index < -0.39 is 17.8 Å². The molecule has 1 N–H and O–H groups in total. The van der Waals surface area contributed by atoms with Crippen molar-refractivity contribution in [3.8, 4) is 0 Å². The molecule has 3 rings (SSSR count). The van der Waals surface area contributed by atoms with Gasteiger partial charge in [0.1, 0.15) is 0 Å². The van der Waals surface area contributed by atoms with Gasteiger partial charge in [0.05, 0.1) is 5.92 Å². The maximum Gasteiger partial charge on any atom is 0.311 e. The minimum atomic E-state index is -0.497. The summed E-state index contributed by atoms with van der Waals surface area (Å²) in [5.74, 6) is -1.41. The second-order valence-corrected chi connectivity index (χ2v) is 7.85. The molecule has 1 aromatic carbocycles. The third-order valence-electron chi connectivity index (χ3n) is 5.09. The zero-order valence-electron chi connectivity index (χ0n) is 14.9. The van der Waals surface area contributed by atoms with Gasteiger partial charge in [-0.1, -0.05) is 42.1 Å². The zero-order chi connectivity index (χ0) is 19.4. The molecule has 1 aliphatic carbocycles. The van der Waals surface area contributed by atoms with Crippen LogP contribution in [0.3, 0.4) is 0 Å². The van der Waals surface area contributed by atoms with E-state index in [4.69, 9.17) is 27.9 Å². The average molecular weight is 413 g/mol. The highest BCUT2D eigenvalue weighted by Gasteiger charge is 2.39. The van der Waals surface area contributed by atoms with Crippen molar-refractivity contribution < 1.29 is 19.1 Å². The van der Waals surface area contributed by atoms with Gasteiger partial charge in [0, 0.05) is 35.6 Å². The molecule has 146 valence electrons. The van der Waals surface area contributed by atoms with Crippen LogP contribution in [0.25, 0.3) is 0 Å². The van der Waals surface area contributed by atoms with Crippen molar-refractivity contribution in [3.63, 3.8) is 0 Å². The Bertz CT molecular complexity index is 734. The molecule has 1 saturated carbocycles. The van der Waals surface area contributed by atoms with Gasteiger partial charge in [0.25, 0.3) is 5.91 Å². The molecule has 1 aromatic rings. The topological polar surface area (TPSA) is 75.7 Å². The van der Waals surface area contributed by atoms with E-state index in [2.05, 4.69) is 5.32 Å². The Morgan fingerprint density at radius 2 is 1.96 bits per heavy atom. The van der Waals surface area contributed by atoms with Crippen molar-refractivity contribution in [2.45, 2.75) is 44.7 Å². The number of nitrogens with zero attached hydrogens (tertiary/aromatic N) is 1. The molecule has 27 heavy (non-hydrogen) atoms. The number of amides is 2. The second-order valence-electron chi connectivity index (χ2n) is 7.01. The van der Waals surface area contributed by atoms with E-state index in [0.717, 1.165) is 25.7 Å². The monoisotopic (exact) mass is 412 g/mol. The van der Waals surface area contributed by atoms with Crippen LogP contribution < -0.4 is 5.32 Å². The Balaban J connectivity index is 1.42. The number of carbonyl (C=O) groups is 3. The SMILES string of the molecule is O=C(COC(=O)[C@@H]1CC(=O)N(C2CCCC2)C1)NCc1ccc(Cl)cc1Cl. The summed E-state index contributed by atoms with van der Waals surface area (Å²) in [4.78, 5) is 38.1. The van der Waals surface area contributed by atoms with E-state index >= 15 is 0 Å². The van der Waals surface area contributed by atoms with Crippen LogP contribution in [0, 0.1) is 5.92 Å². The molecule has 1 aliphatic heterocycles. The smallest absolute Gasteiger partial charge is 0.311 e. The van der Waals surface area contributed by atoms with Crippen molar-refractivity contribution in [1.29, 1.82) is 0 Å². The lowest BCUT2D eigenvalue weighted by atomic mass is 10.1. The number of rotatable bonds is 6. The van der Waals surface area contributed by atoms with Crippen LogP contribution in [-0.2, 0) is 25.7 Å². The van der Waals surface area contributed by atoms with Crippen LogP contribution in [0.5, 0.6) is 0 Å². The van der Waals surface area contributed by atoms with Gasteiger partial charge in [-0.05, 0) is 30.5 Å². The van der Waals surface area contributed by atoms with Gasteiger partial charge in [-0.2, -0.15) is 0 Å². The van der Waals surface area contributed by atoms with Crippen LogP contribution in [0.4, 0.5) is 0 Å². The molecule has 2 fully saturated rings. The van der Waals surface area contributed by atoms with E-state index in [0.29, 0.717) is 22.2 Å². The van der Waals surface area contributed by atoms with Crippen molar-refractivity contribution in [1.82, 2.24) is 10.2 Å². The molecule has 6 nitrogen and oxygen atoms in total. The van der Waals surface area contributed by atoms with Gasteiger partial charge in [-0.3, -0.25) is 14.4 Å². The van der Waals surface area contributed by atoms with Gasteiger partial charge in [-0.15, -0.1) is 0 Å². The number of benzene rings is 1. The van der Waals surface area contributed by atoms with Crippen LogP contribution >= 0.6 is 23.2 Å². The first-order valence-corrected chi connectivity index (χ1v) is 9.86. The molecule has 0 aromatic heterocycles. The number of halogens is 2. The lowest BCUT2D eigenvalue weighted by molar-refractivity contribution is -0.152. The van der Waals surface area contributed by atoms with Crippen LogP contribution in [0.2, 0.25) is 10.0 Å². The predicted molar refractivity (Wildman–Crippen MR) is 101 cm³/mol. The number of nitrogens with one attached hydrogen (secondary N) is 1. The molecule has 0 radical (unpaired) electrons. The minimum absolute atomic E-state index is 0.00526. The molecule has 0 spiro atoms. The summed E-state index contributed by atoms with van der Waals surface area (Å²) in [6, 6.07) is 5.25. The number of esters is 1. The quantitative estimate of drug-likeness (QED) is 0.728. The molecule has 0 bridgehead atoms. The Morgan fingerprint density at radius 1 is 1.22 bits per heavy atom. The van der Waals surface area contributed by atoms with Gasteiger partial charge >= 0.3 is 5.97 Å². The van der Waals surface area contributed by atoms with Crippen molar-refractivity contribution in [3.05, 3.63) is 33.8 Å². The van der Waals surface area contributed by atoms with Crippen molar-refractivity contribution in [2.75, 3.05) is 13.2 Å². The van der Waals surface area contributed by atoms with E-state index in [1.807, 2.05) is 4.90 Å². The Labute approximate surface area is 168 Å².